The summed E-state index contributed by atoms with van der Waals surface area (Å²) in [6, 6.07) is 5.86. The third-order valence-corrected chi connectivity index (χ3v) is 3.67. The van der Waals surface area contributed by atoms with Gasteiger partial charge in [-0.3, -0.25) is 9.59 Å². The van der Waals surface area contributed by atoms with E-state index in [-0.39, 0.29) is 23.2 Å². The average molecular weight is 314 g/mol. The molecule has 1 aliphatic carbocycles. The molecule has 0 unspecified atom stereocenters. The van der Waals surface area contributed by atoms with Crippen LogP contribution in [0.1, 0.15) is 32.1 Å². The van der Waals surface area contributed by atoms with Crippen LogP contribution in [0.2, 0.25) is 0 Å². The smallest absolute Gasteiger partial charge is 0.324 e. The fourth-order valence-electron chi connectivity index (χ4n) is 2.49. The van der Waals surface area contributed by atoms with Gasteiger partial charge in [-0.05, 0) is 25.0 Å². The molecule has 0 bridgehead atoms. The summed E-state index contributed by atoms with van der Waals surface area (Å²) < 4.78 is 37.0. The van der Waals surface area contributed by atoms with Crippen molar-refractivity contribution in [3.05, 3.63) is 24.3 Å². The van der Waals surface area contributed by atoms with Crippen molar-refractivity contribution in [1.29, 1.82) is 0 Å². The number of carbonyl (C=O) groups excluding carboxylic acids is 2. The van der Waals surface area contributed by atoms with Crippen LogP contribution >= 0.6 is 0 Å². The number of hydrogen-bond donors (Lipinski definition) is 2. The fraction of sp³-hybridized carbons (Fsp3) is 0.467. The van der Waals surface area contributed by atoms with E-state index in [0.717, 1.165) is 32.1 Å². The summed E-state index contributed by atoms with van der Waals surface area (Å²) in [6.45, 7) is 0. The molecule has 0 heterocycles. The molecule has 1 aromatic rings. The number of halogens is 3. The standard InChI is InChI=1S/C15H17F3N2O2/c16-15(17,18)14(22)20-12-9-5-4-8-11(12)19-13(21)10-6-2-1-3-7-10/h4-5,8-10H,1-3,6-7H2,(H,19,21)(H,20,22). The van der Waals surface area contributed by atoms with Crippen LogP contribution in [0.25, 0.3) is 0 Å². The normalized spacial score (nSPS) is 16.1. The van der Waals surface area contributed by atoms with Crippen LogP contribution < -0.4 is 10.6 Å². The predicted molar refractivity (Wildman–Crippen MR) is 76.3 cm³/mol. The number of benzene rings is 1. The van der Waals surface area contributed by atoms with Crippen LogP contribution in [0.5, 0.6) is 0 Å². The Morgan fingerprint density at radius 1 is 0.955 bits per heavy atom. The maximum absolute atomic E-state index is 12.3. The van der Waals surface area contributed by atoms with Gasteiger partial charge in [0, 0.05) is 5.92 Å². The minimum atomic E-state index is -4.97. The van der Waals surface area contributed by atoms with Crippen molar-refractivity contribution in [1.82, 2.24) is 0 Å². The van der Waals surface area contributed by atoms with Crippen LogP contribution in [0.3, 0.4) is 0 Å². The summed E-state index contributed by atoms with van der Waals surface area (Å²) in [6.07, 6.45) is -0.358. The van der Waals surface area contributed by atoms with E-state index in [1.54, 1.807) is 11.4 Å². The van der Waals surface area contributed by atoms with Gasteiger partial charge in [0.1, 0.15) is 0 Å². The number of nitrogens with one attached hydrogen (secondary N) is 2. The highest BCUT2D eigenvalue weighted by atomic mass is 19.4. The molecule has 7 heteroatoms. The maximum atomic E-state index is 12.3. The molecule has 2 amide bonds. The quantitative estimate of drug-likeness (QED) is 0.893. The van der Waals surface area contributed by atoms with Crippen molar-refractivity contribution >= 4 is 23.2 Å². The van der Waals surface area contributed by atoms with Crippen molar-refractivity contribution in [3.63, 3.8) is 0 Å². The number of alkyl halides is 3. The molecule has 0 aliphatic heterocycles. The van der Waals surface area contributed by atoms with Gasteiger partial charge in [0.15, 0.2) is 0 Å². The molecule has 120 valence electrons. The topological polar surface area (TPSA) is 58.2 Å². The number of carbonyl (C=O) groups is 2. The monoisotopic (exact) mass is 314 g/mol. The zero-order chi connectivity index (χ0) is 16.2. The van der Waals surface area contributed by atoms with Crippen LogP contribution in [0.15, 0.2) is 24.3 Å². The summed E-state index contributed by atoms with van der Waals surface area (Å²) in [7, 11) is 0. The van der Waals surface area contributed by atoms with Crippen molar-refractivity contribution in [3.8, 4) is 0 Å². The Labute approximate surface area is 126 Å². The van der Waals surface area contributed by atoms with E-state index >= 15 is 0 Å². The van der Waals surface area contributed by atoms with Gasteiger partial charge >= 0.3 is 12.1 Å². The zero-order valence-electron chi connectivity index (χ0n) is 11.9. The Bertz CT molecular complexity index is 552. The first-order valence-corrected chi connectivity index (χ1v) is 7.16. The maximum Gasteiger partial charge on any atom is 0.471 e. The Kier molecular flexibility index (Phi) is 5.05. The molecule has 0 saturated heterocycles. The van der Waals surface area contributed by atoms with Crippen molar-refractivity contribution in [2.24, 2.45) is 5.92 Å². The van der Waals surface area contributed by atoms with Gasteiger partial charge in [-0.2, -0.15) is 13.2 Å². The van der Waals surface area contributed by atoms with Gasteiger partial charge in [0.25, 0.3) is 0 Å². The van der Waals surface area contributed by atoms with E-state index in [1.807, 2.05) is 0 Å². The summed E-state index contributed by atoms with van der Waals surface area (Å²) in [5.74, 6) is -2.40. The first kappa shape index (κ1) is 16.3. The molecule has 1 saturated carbocycles. The van der Waals surface area contributed by atoms with E-state index in [9.17, 15) is 22.8 Å². The highest BCUT2D eigenvalue weighted by molar-refractivity contribution is 6.01. The van der Waals surface area contributed by atoms with E-state index < -0.39 is 12.1 Å². The van der Waals surface area contributed by atoms with Crippen molar-refractivity contribution < 1.29 is 22.8 Å². The minimum Gasteiger partial charge on any atom is -0.324 e. The van der Waals surface area contributed by atoms with Crippen molar-refractivity contribution in [2.75, 3.05) is 10.6 Å². The lowest BCUT2D eigenvalue weighted by atomic mass is 9.88. The van der Waals surface area contributed by atoms with E-state index in [4.69, 9.17) is 0 Å². The summed E-state index contributed by atoms with van der Waals surface area (Å²) in [4.78, 5) is 23.2. The van der Waals surface area contributed by atoms with Gasteiger partial charge < -0.3 is 10.6 Å². The zero-order valence-corrected chi connectivity index (χ0v) is 11.9. The Morgan fingerprint density at radius 2 is 1.50 bits per heavy atom. The van der Waals surface area contributed by atoms with Crippen LogP contribution in [-0.4, -0.2) is 18.0 Å². The molecule has 1 fully saturated rings. The van der Waals surface area contributed by atoms with Crippen LogP contribution in [-0.2, 0) is 9.59 Å². The molecular formula is C15H17F3N2O2. The first-order valence-electron chi connectivity index (χ1n) is 7.16. The second kappa shape index (κ2) is 6.81. The van der Waals surface area contributed by atoms with Crippen molar-refractivity contribution in [2.45, 2.75) is 38.3 Å². The fourth-order valence-corrected chi connectivity index (χ4v) is 2.49. The molecule has 0 atom stereocenters. The number of hydrogen-bond acceptors (Lipinski definition) is 2. The van der Waals surface area contributed by atoms with Gasteiger partial charge in [0.05, 0.1) is 11.4 Å². The van der Waals surface area contributed by atoms with Gasteiger partial charge in [-0.25, -0.2) is 0 Å². The Hall–Kier alpha value is -2.05. The summed E-state index contributed by atoms with van der Waals surface area (Å²) in [5, 5.41) is 4.40. The lowest BCUT2D eigenvalue weighted by Crippen LogP contribution is -2.31. The van der Waals surface area contributed by atoms with E-state index in [1.165, 1.54) is 18.2 Å². The second-order valence-electron chi connectivity index (χ2n) is 5.32. The Balaban J connectivity index is 2.07. The van der Waals surface area contributed by atoms with Gasteiger partial charge in [0.2, 0.25) is 5.91 Å². The second-order valence-corrected chi connectivity index (χ2v) is 5.32. The molecule has 1 aromatic carbocycles. The van der Waals surface area contributed by atoms with Crippen LogP contribution in [0, 0.1) is 5.92 Å². The van der Waals surface area contributed by atoms with Gasteiger partial charge in [-0.1, -0.05) is 31.4 Å². The number of anilines is 2. The Morgan fingerprint density at radius 3 is 2.05 bits per heavy atom. The highest BCUT2D eigenvalue weighted by Crippen LogP contribution is 2.28. The average Bonchev–Trinajstić information content (AvgIpc) is 2.49. The molecule has 0 aromatic heterocycles. The minimum absolute atomic E-state index is 0.0611. The largest absolute Gasteiger partial charge is 0.471 e. The third-order valence-electron chi connectivity index (χ3n) is 3.67. The molecule has 2 rings (SSSR count). The molecule has 0 spiro atoms. The molecule has 2 N–H and O–H groups in total. The number of rotatable bonds is 3. The third kappa shape index (κ3) is 4.22. The summed E-state index contributed by atoms with van der Waals surface area (Å²) in [5.41, 5.74) is 0.115. The highest BCUT2D eigenvalue weighted by Gasteiger charge is 2.39. The number of amides is 2. The lowest BCUT2D eigenvalue weighted by Gasteiger charge is -2.21. The first-order chi connectivity index (χ1) is 10.4. The molecule has 1 aliphatic rings. The van der Waals surface area contributed by atoms with Gasteiger partial charge in [-0.15, -0.1) is 0 Å². The summed E-state index contributed by atoms with van der Waals surface area (Å²) >= 11 is 0. The lowest BCUT2D eigenvalue weighted by molar-refractivity contribution is -0.167. The molecule has 22 heavy (non-hydrogen) atoms. The van der Waals surface area contributed by atoms with Crippen LogP contribution in [0.4, 0.5) is 24.5 Å². The molecular weight excluding hydrogens is 297 g/mol. The van der Waals surface area contributed by atoms with E-state index in [0.29, 0.717) is 0 Å². The number of para-hydroxylation sites is 2. The SMILES string of the molecule is O=C(Nc1ccccc1NC(=O)C(F)(F)F)C1CCCCC1. The predicted octanol–water partition coefficient (Wildman–Crippen LogP) is 3.71. The van der Waals surface area contributed by atoms with E-state index in [2.05, 4.69) is 5.32 Å². The molecule has 0 radical (unpaired) electrons. The molecule has 4 nitrogen and oxygen atoms in total.